The lowest BCUT2D eigenvalue weighted by molar-refractivity contribution is -0.133. The number of aromatic nitrogens is 1. The van der Waals surface area contributed by atoms with E-state index in [4.69, 9.17) is 40.5 Å². The molecule has 23 heteroatoms. The highest BCUT2D eigenvalue weighted by atomic mass is 35.5. The molecule has 0 spiro atoms. The highest BCUT2D eigenvalue weighted by molar-refractivity contribution is 6.31. The van der Waals surface area contributed by atoms with Crippen LogP contribution in [-0.2, 0) is 41.6 Å². The molecule has 10 aromatic rings. The van der Waals surface area contributed by atoms with Crippen LogP contribution in [0.25, 0.3) is 6.08 Å². The Balaban J connectivity index is 0.000000173. The predicted molar refractivity (Wildman–Crippen MR) is 504 cm³/mol. The van der Waals surface area contributed by atoms with Crippen molar-refractivity contribution in [3.05, 3.63) is 356 Å². The predicted octanol–water partition coefficient (Wildman–Crippen LogP) is 14.5. The number of hydrogen-bond donors (Lipinski definition) is 8. The van der Waals surface area contributed by atoms with Crippen LogP contribution in [0.15, 0.2) is 285 Å². The molecule has 658 valence electrons. The number of likely N-dealkylation sites (tertiary alicyclic amines) is 1. The second-order valence-corrected chi connectivity index (χ2v) is 34.1. The van der Waals surface area contributed by atoms with Crippen molar-refractivity contribution in [2.24, 2.45) is 5.73 Å². The van der Waals surface area contributed by atoms with E-state index in [0.29, 0.717) is 119 Å². The van der Waals surface area contributed by atoms with E-state index in [-0.39, 0.29) is 102 Å². The van der Waals surface area contributed by atoms with Gasteiger partial charge in [0.25, 0.3) is 5.91 Å². The first kappa shape index (κ1) is 94.0. The normalized spacial score (nSPS) is 18.2. The molecule has 4 saturated heterocycles. The average Bonchev–Trinajstić information content (AvgIpc) is 1.52. The van der Waals surface area contributed by atoms with Crippen molar-refractivity contribution in [3.63, 3.8) is 0 Å². The fourth-order valence-corrected chi connectivity index (χ4v) is 17.1. The zero-order chi connectivity index (χ0) is 88.0. The van der Waals surface area contributed by atoms with Crippen molar-refractivity contribution >= 4 is 82.2 Å². The second kappa shape index (κ2) is 50.2. The Morgan fingerprint density at radius 2 is 0.762 bits per heavy atom. The number of amides is 7. The van der Waals surface area contributed by atoms with Gasteiger partial charge in [-0.3, -0.25) is 43.9 Å². The van der Waals surface area contributed by atoms with E-state index >= 15 is 0 Å². The monoisotopic (exact) mass is 1750 g/mol. The van der Waals surface area contributed by atoms with Gasteiger partial charge in [0.1, 0.15) is 11.7 Å². The molecule has 14 rings (SSSR count). The van der Waals surface area contributed by atoms with Crippen LogP contribution in [0.4, 0.5) is 0 Å². The number of hydrogen-bond acceptors (Lipinski definition) is 13. The van der Waals surface area contributed by atoms with Crippen LogP contribution >= 0.6 is 34.8 Å². The minimum Gasteiger partial charge on any atom is -0.355 e. The van der Waals surface area contributed by atoms with E-state index in [2.05, 4.69) is 149 Å². The number of halogens is 3. The summed E-state index contributed by atoms with van der Waals surface area (Å²) < 4.78 is 0. The zero-order valence-electron chi connectivity index (χ0n) is 71.6. The van der Waals surface area contributed by atoms with E-state index < -0.39 is 6.04 Å². The summed E-state index contributed by atoms with van der Waals surface area (Å²) in [5.74, 6) is -0.299. The summed E-state index contributed by atoms with van der Waals surface area (Å²) >= 11 is 17.9. The molecule has 0 bridgehead atoms. The first-order valence-corrected chi connectivity index (χ1v) is 45.5. The van der Waals surface area contributed by atoms with Crippen molar-refractivity contribution in [2.75, 3.05) is 91.6 Å². The summed E-state index contributed by atoms with van der Waals surface area (Å²) in [4.78, 5) is 105. The van der Waals surface area contributed by atoms with Gasteiger partial charge in [-0.15, -0.1) is 0 Å². The largest absolute Gasteiger partial charge is 0.355 e. The highest BCUT2D eigenvalue weighted by Crippen LogP contribution is 2.32. The number of carbonyl (C=O) groups is 7. The maximum absolute atomic E-state index is 14.1. The summed E-state index contributed by atoms with van der Waals surface area (Å²) in [5.41, 5.74) is 16.2. The standard InChI is InChI=1S/C36H36ClN5O3.C36H45ClN4O2.C31H37ClN4O2/c37-29-17-14-26(15-18-29)16-19-34(43)39-23-30-20-22-42(25-31(27-9-3-1-4-10-27)28-11-5-2-6-12-28)36(45)33(41-30)24-40-35(44)32-13-7-8-21-38-32;37-31-17-14-28(15-18-31)16-19-35(42)38-26-32-20-25-41(36(43)34(39-32)21-24-40-22-8-3-9-23-40)27-33(29-10-4-1-5-11-29)30-12-6-2-7-13-30;32-26-14-11-23(12-15-26)13-16-30(37)34-21-27-18-20-36(31(38)29(35-27)17-19-33)22-28(24-7-3-1-4-8-24)25-9-5-2-6-10-25/h1-19,21,30-31,33,41H,20,22-25H2,(H,39,43)(H,40,44);1-2,4-7,10-15,17-18,32-34,39H,3,8-9,16,19-27H2,(H,38,42);1-12,14-15,27-29,35H,13,16-22,33H2,(H,34,37)/b19-16+;;/t30-,33-;32-,34-;27-,29-/m000/s1. The van der Waals surface area contributed by atoms with Gasteiger partial charge in [-0.25, -0.2) is 0 Å². The summed E-state index contributed by atoms with van der Waals surface area (Å²) in [6.07, 6.45) is 14.2. The molecule has 126 heavy (non-hydrogen) atoms. The number of nitrogens with zero attached hydrogens (tertiary/aromatic N) is 5. The molecule has 6 atom stereocenters. The van der Waals surface area contributed by atoms with Crippen LogP contribution in [0.2, 0.25) is 15.1 Å². The Morgan fingerprint density at radius 1 is 0.405 bits per heavy atom. The molecule has 4 aliphatic rings. The number of aryl methyl sites for hydroxylation is 2. The van der Waals surface area contributed by atoms with Gasteiger partial charge in [0.2, 0.25) is 35.4 Å². The van der Waals surface area contributed by atoms with E-state index in [1.54, 1.807) is 42.6 Å². The number of carbonyl (C=O) groups excluding carboxylic acids is 7. The average molecular weight is 1760 g/mol. The third-order valence-corrected chi connectivity index (χ3v) is 24.6. The molecule has 7 amide bonds. The zero-order valence-corrected chi connectivity index (χ0v) is 73.9. The van der Waals surface area contributed by atoms with Gasteiger partial charge < -0.3 is 57.2 Å². The SMILES string of the molecule is NCC[C@@H]1N[C@H](CNC(=O)CCc2ccc(Cl)cc2)CCN(CC(c2ccccc2)c2ccccc2)C1=O.O=C(/C=C/c1ccc(Cl)cc1)NC[C@@H]1CCN(CC(c2ccccc2)c2ccccc2)C(=O)[C@H](CNC(=O)c2ccccn2)N1.O=C(CCc1ccc(Cl)cc1)NC[C@@H]1CCN(CC(c2ccccc2)c2ccccc2)C(=O)[C@H](CCN2CCCCC2)N1. The molecule has 0 aliphatic carbocycles. The third-order valence-electron chi connectivity index (χ3n) is 23.8. The Kier molecular flexibility index (Phi) is 37.5. The van der Waals surface area contributed by atoms with Gasteiger partial charge in [-0.05, 0) is 182 Å². The molecule has 4 fully saturated rings. The molecule has 0 unspecified atom stereocenters. The number of nitrogens with one attached hydrogen (secondary N) is 7. The Labute approximate surface area is 757 Å². The Morgan fingerprint density at radius 3 is 1.14 bits per heavy atom. The smallest absolute Gasteiger partial charge is 0.269 e. The molecular formula is C103H118Cl3N13O7. The van der Waals surface area contributed by atoms with Gasteiger partial charge in [-0.2, -0.15) is 0 Å². The van der Waals surface area contributed by atoms with Crippen molar-refractivity contribution in [1.82, 2.24) is 61.8 Å². The first-order chi connectivity index (χ1) is 61.5. The number of piperidine rings is 1. The molecule has 20 nitrogen and oxygen atoms in total. The van der Waals surface area contributed by atoms with E-state index in [9.17, 15) is 33.6 Å². The van der Waals surface area contributed by atoms with Crippen molar-refractivity contribution in [2.45, 2.75) is 131 Å². The topological polar surface area (TPSA) is 256 Å². The fraction of sp³-hybridized carbons (Fsp3) is 0.340. The van der Waals surface area contributed by atoms with Crippen molar-refractivity contribution in [1.29, 1.82) is 0 Å². The number of benzene rings is 9. The lowest BCUT2D eigenvalue weighted by Crippen LogP contribution is -2.54. The third kappa shape index (κ3) is 30.0. The van der Waals surface area contributed by atoms with E-state index in [1.807, 2.05) is 155 Å². The van der Waals surface area contributed by atoms with Crippen LogP contribution in [-0.4, -0.2) is 194 Å². The maximum Gasteiger partial charge on any atom is 0.269 e. The number of pyridine rings is 1. The quantitative estimate of drug-likeness (QED) is 0.0175. The van der Waals surface area contributed by atoms with Gasteiger partial charge in [0.05, 0.1) is 12.1 Å². The summed E-state index contributed by atoms with van der Waals surface area (Å²) in [7, 11) is 0. The van der Waals surface area contributed by atoms with E-state index in [1.165, 1.54) is 47.6 Å². The molecule has 1 aromatic heterocycles. The summed E-state index contributed by atoms with van der Waals surface area (Å²) in [5, 5.41) is 24.6. The second-order valence-electron chi connectivity index (χ2n) is 32.8. The van der Waals surface area contributed by atoms with Crippen LogP contribution < -0.4 is 43.0 Å². The molecule has 5 heterocycles. The number of rotatable bonds is 34. The summed E-state index contributed by atoms with van der Waals surface area (Å²) in [6, 6.07) is 88.0. The molecule has 0 radical (unpaired) electrons. The van der Waals surface area contributed by atoms with Crippen molar-refractivity contribution < 1.29 is 33.6 Å². The molecule has 0 saturated carbocycles. The minimum atomic E-state index is -0.695. The maximum atomic E-state index is 14.1. The minimum absolute atomic E-state index is 0.00206. The van der Waals surface area contributed by atoms with Crippen LogP contribution in [0.3, 0.4) is 0 Å². The summed E-state index contributed by atoms with van der Waals surface area (Å²) in [6.45, 7) is 8.41. The fourth-order valence-electron chi connectivity index (χ4n) is 16.8. The molecule has 4 aliphatic heterocycles. The van der Waals surface area contributed by atoms with Crippen LogP contribution in [0, 0.1) is 0 Å². The molecule has 9 N–H and O–H groups in total. The molecular weight excluding hydrogens is 1640 g/mol. The van der Waals surface area contributed by atoms with Gasteiger partial charge >= 0.3 is 0 Å². The van der Waals surface area contributed by atoms with Crippen LogP contribution in [0.5, 0.6) is 0 Å². The number of nitrogens with two attached hydrogens (primary N) is 1. The van der Waals surface area contributed by atoms with Gasteiger partial charge in [-0.1, -0.05) is 266 Å². The lowest BCUT2D eigenvalue weighted by atomic mass is 9.90. The van der Waals surface area contributed by atoms with Crippen LogP contribution in [0.1, 0.15) is 143 Å². The van der Waals surface area contributed by atoms with Gasteiger partial charge in [0, 0.05) is 148 Å². The lowest BCUT2D eigenvalue weighted by Gasteiger charge is -2.31. The Bertz CT molecular complexity index is 4900. The molecule has 9 aromatic carbocycles. The van der Waals surface area contributed by atoms with Gasteiger partial charge in [0.15, 0.2) is 0 Å². The highest BCUT2D eigenvalue weighted by Gasteiger charge is 2.37. The van der Waals surface area contributed by atoms with Crippen molar-refractivity contribution in [3.8, 4) is 0 Å². The first-order valence-electron chi connectivity index (χ1n) is 44.3. The Hall–Kier alpha value is -11.2. The van der Waals surface area contributed by atoms with E-state index in [0.717, 1.165) is 66.7 Å².